The van der Waals surface area contributed by atoms with Crippen LogP contribution in [0.25, 0.3) is 22.3 Å². The normalized spacial score (nSPS) is 14.8. The molecule has 0 saturated carbocycles. The van der Waals surface area contributed by atoms with Crippen molar-refractivity contribution >= 4 is 16.9 Å². The van der Waals surface area contributed by atoms with Crippen LogP contribution in [0.4, 0.5) is 0 Å². The molecule has 4 atom stereocenters. The lowest BCUT2D eigenvalue weighted by Gasteiger charge is -2.23. The van der Waals surface area contributed by atoms with Crippen LogP contribution >= 0.6 is 0 Å². The van der Waals surface area contributed by atoms with Gasteiger partial charge in [-0.1, -0.05) is 36.4 Å². The van der Waals surface area contributed by atoms with E-state index in [4.69, 9.17) is 13.9 Å². The molecule has 0 fully saturated rings. The van der Waals surface area contributed by atoms with Gasteiger partial charge < -0.3 is 34.3 Å². The van der Waals surface area contributed by atoms with Crippen LogP contribution in [0.1, 0.15) is 24.8 Å². The molecule has 0 amide bonds. The van der Waals surface area contributed by atoms with Gasteiger partial charge >= 0.3 is 5.97 Å². The first kappa shape index (κ1) is 26.4. The van der Waals surface area contributed by atoms with Crippen molar-refractivity contribution in [3.05, 3.63) is 66.7 Å². The van der Waals surface area contributed by atoms with Gasteiger partial charge in [0.05, 0.1) is 24.9 Å². The predicted molar refractivity (Wildman–Crippen MR) is 131 cm³/mol. The predicted octanol–water partition coefficient (Wildman–Crippen LogP) is 3.13. The molecule has 4 unspecified atom stereocenters. The maximum absolute atomic E-state index is 11.0. The molecule has 35 heavy (non-hydrogen) atoms. The van der Waals surface area contributed by atoms with Gasteiger partial charge in [-0.2, -0.15) is 0 Å². The van der Waals surface area contributed by atoms with Crippen LogP contribution in [0.3, 0.4) is 0 Å². The first-order chi connectivity index (χ1) is 16.8. The van der Waals surface area contributed by atoms with Crippen molar-refractivity contribution < 1.29 is 39.1 Å². The molecule has 1 heterocycles. The van der Waals surface area contributed by atoms with E-state index in [1.54, 1.807) is 12.1 Å². The summed E-state index contributed by atoms with van der Waals surface area (Å²) in [5.74, 6) is 0.638. The molecule has 4 N–H and O–H groups in total. The Morgan fingerprint density at radius 2 is 1.71 bits per heavy atom. The van der Waals surface area contributed by atoms with Crippen LogP contribution in [-0.2, 0) is 9.53 Å². The third kappa shape index (κ3) is 7.66. The van der Waals surface area contributed by atoms with Gasteiger partial charge in [-0.3, -0.25) is 0 Å². The molecule has 0 aliphatic carbocycles. The number of carbonyl (C=O) groups is 1. The summed E-state index contributed by atoms with van der Waals surface area (Å²) in [5.41, 5.74) is 2.76. The fourth-order valence-corrected chi connectivity index (χ4v) is 3.53. The van der Waals surface area contributed by atoms with Crippen LogP contribution in [0.2, 0.25) is 0 Å². The Balaban J connectivity index is 1.47. The van der Waals surface area contributed by atoms with Crippen LogP contribution in [-0.4, -0.2) is 64.0 Å². The number of hydrogen-bond acceptors (Lipinski definition) is 8. The van der Waals surface area contributed by atoms with Crippen molar-refractivity contribution in [2.75, 3.05) is 13.2 Å². The van der Waals surface area contributed by atoms with E-state index in [0.717, 1.165) is 28.3 Å². The molecule has 0 spiro atoms. The molecular formula is C27H32O8. The van der Waals surface area contributed by atoms with Crippen LogP contribution < -0.4 is 4.74 Å². The molecular weight excluding hydrogens is 452 g/mol. The zero-order valence-electron chi connectivity index (χ0n) is 19.7. The average molecular weight is 485 g/mol. The molecule has 0 radical (unpaired) electrons. The number of carbonyl (C=O) groups excluding carboxylic acids is 1. The first-order valence-corrected chi connectivity index (χ1v) is 11.5. The summed E-state index contributed by atoms with van der Waals surface area (Å²) in [7, 11) is 0. The van der Waals surface area contributed by atoms with Gasteiger partial charge in [0.25, 0.3) is 0 Å². The Morgan fingerprint density at radius 3 is 2.43 bits per heavy atom. The topological polar surface area (TPSA) is 130 Å². The third-order valence-corrected chi connectivity index (χ3v) is 5.67. The summed E-state index contributed by atoms with van der Waals surface area (Å²) in [6.07, 6.45) is -3.67. The van der Waals surface area contributed by atoms with Gasteiger partial charge in [-0.05, 0) is 38.0 Å². The second-order valence-electron chi connectivity index (χ2n) is 8.51. The molecule has 0 saturated heterocycles. The van der Waals surface area contributed by atoms with Gasteiger partial charge in [0.15, 0.2) is 0 Å². The second-order valence-corrected chi connectivity index (χ2v) is 8.51. The fourth-order valence-electron chi connectivity index (χ4n) is 3.53. The minimum absolute atomic E-state index is 0.0835. The van der Waals surface area contributed by atoms with Crippen molar-refractivity contribution in [2.24, 2.45) is 0 Å². The number of furan rings is 1. The Kier molecular flexibility index (Phi) is 9.45. The lowest BCUT2D eigenvalue weighted by Crippen LogP contribution is -2.38. The van der Waals surface area contributed by atoms with Crippen molar-refractivity contribution in [1.29, 1.82) is 0 Å². The monoisotopic (exact) mass is 484 g/mol. The van der Waals surface area contributed by atoms with E-state index >= 15 is 0 Å². The van der Waals surface area contributed by atoms with E-state index in [2.05, 4.69) is 6.58 Å². The lowest BCUT2D eigenvalue weighted by atomic mass is 10.0. The molecule has 0 bridgehead atoms. The maximum Gasteiger partial charge on any atom is 0.330 e. The number of benzene rings is 2. The third-order valence-electron chi connectivity index (χ3n) is 5.67. The second kappa shape index (κ2) is 12.5. The quantitative estimate of drug-likeness (QED) is 0.165. The highest BCUT2D eigenvalue weighted by Crippen LogP contribution is 2.30. The summed E-state index contributed by atoms with van der Waals surface area (Å²) in [6, 6.07) is 15.3. The molecule has 188 valence electrons. The Labute approximate surface area is 204 Å². The van der Waals surface area contributed by atoms with E-state index in [9.17, 15) is 25.2 Å². The molecule has 3 rings (SSSR count). The van der Waals surface area contributed by atoms with Crippen LogP contribution in [0.5, 0.6) is 5.75 Å². The van der Waals surface area contributed by atoms with E-state index in [1.807, 2.05) is 43.3 Å². The fraction of sp³-hybridized carbons (Fsp3) is 0.370. The zero-order valence-corrected chi connectivity index (χ0v) is 19.7. The van der Waals surface area contributed by atoms with E-state index < -0.39 is 30.4 Å². The molecule has 0 aliphatic rings. The molecule has 8 nitrogen and oxygen atoms in total. The smallest absolute Gasteiger partial charge is 0.330 e. The number of aliphatic hydroxyl groups is 4. The summed E-state index contributed by atoms with van der Waals surface area (Å²) in [5, 5.41) is 41.5. The van der Waals surface area contributed by atoms with Crippen LogP contribution in [0, 0.1) is 6.92 Å². The molecule has 3 aromatic rings. The Hall–Kier alpha value is -3.17. The first-order valence-electron chi connectivity index (χ1n) is 11.5. The highest BCUT2D eigenvalue weighted by atomic mass is 16.5. The Morgan fingerprint density at radius 1 is 1.00 bits per heavy atom. The summed E-state index contributed by atoms with van der Waals surface area (Å²) in [4.78, 5) is 11.0. The minimum Gasteiger partial charge on any atom is -0.491 e. The number of aliphatic hydroxyl groups excluding tert-OH is 4. The number of fused-ring (bicyclic) bond motifs is 1. The van der Waals surface area contributed by atoms with Crippen molar-refractivity contribution in [1.82, 2.24) is 0 Å². The summed E-state index contributed by atoms with van der Waals surface area (Å²) in [6.45, 7) is 5.18. The van der Waals surface area contributed by atoms with Gasteiger partial charge in [-0.15, -0.1) is 0 Å². The molecule has 2 aromatic carbocycles. The minimum atomic E-state index is -1.31. The maximum atomic E-state index is 11.0. The van der Waals surface area contributed by atoms with Crippen LogP contribution in [0.15, 0.2) is 65.6 Å². The van der Waals surface area contributed by atoms with Crippen molar-refractivity contribution in [3.63, 3.8) is 0 Å². The van der Waals surface area contributed by atoms with E-state index in [1.165, 1.54) is 0 Å². The Bertz CT molecular complexity index is 1100. The van der Waals surface area contributed by atoms with E-state index in [0.29, 0.717) is 17.8 Å². The summed E-state index contributed by atoms with van der Waals surface area (Å²) < 4.78 is 16.4. The number of ether oxygens (including phenoxy) is 2. The highest BCUT2D eigenvalue weighted by molar-refractivity contribution is 5.84. The SMILES string of the molecule is C=CC(=O)OCCCC(O)C(O)CC(O)C(O)COc1ccc2cc(-c3ccc(C)cc3)oc2c1. The molecule has 1 aromatic heterocycles. The van der Waals surface area contributed by atoms with Crippen molar-refractivity contribution in [3.8, 4) is 17.1 Å². The number of rotatable bonds is 13. The van der Waals surface area contributed by atoms with Gasteiger partial charge in [-0.25, -0.2) is 4.79 Å². The number of esters is 1. The molecule has 8 heteroatoms. The number of hydrogen-bond donors (Lipinski definition) is 4. The average Bonchev–Trinajstić information content (AvgIpc) is 3.28. The standard InChI is InChI=1S/C27H32O8/c1-3-27(32)33-12-4-5-21(28)22(29)15-23(30)24(31)16-34-20-11-10-19-13-25(35-26(19)14-20)18-8-6-17(2)7-9-18/h3,6-11,13-14,21-24,28-31H,1,4-5,12,15-16H2,2H3. The zero-order chi connectivity index (χ0) is 25.4. The largest absolute Gasteiger partial charge is 0.491 e. The van der Waals surface area contributed by atoms with E-state index in [-0.39, 0.29) is 26.1 Å². The van der Waals surface area contributed by atoms with Gasteiger partial charge in [0.1, 0.15) is 29.8 Å². The lowest BCUT2D eigenvalue weighted by molar-refractivity contribution is -0.138. The van der Waals surface area contributed by atoms with Gasteiger partial charge in [0, 0.05) is 29.5 Å². The number of aryl methyl sites for hydroxylation is 1. The summed E-state index contributed by atoms with van der Waals surface area (Å²) >= 11 is 0. The van der Waals surface area contributed by atoms with Crippen molar-refractivity contribution in [2.45, 2.75) is 50.6 Å². The molecule has 0 aliphatic heterocycles. The van der Waals surface area contributed by atoms with Gasteiger partial charge in [0.2, 0.25) is 0 Å². The highest BCUT2D eigenvalue weighted by Gasteiger charge is 2.25.